The number of rotatable bonds is 7. The highest BCUT2D eigenvalue weighted by Gasteiger charge is 2.30. The Kier molecular flexibility index (Phi) is 11.3. The summed E-state index contributed by atoms with van der Waals surface area (Å²) in [7, 11) is 0. The number of aliphatic imine (C=N–C) groups is 1. The number of halogens is 1. The van der Waals surface area contributed by atoms with Crippen LogP contribution in [0, 0.1) is 5.92 Å². The molecule has 0 saturated carbocycles. The first-order chi connectivity index (χ1) is 12.0. The summed E-state index contributed by atoms with van der Waals surface area (Å²) in [5.74, 6) is 1.33. The number of nitrogens with zero attached hydrogens (tertiary/aromatic N) is 2. The Balaban J connectivity index is 0.00000338. The summed E-state index contributed by atoms with van der Waals surface area (Å²) in [6, 6.07) is 0.443. The Labute approximate surface area is 175 Å². The molecule has 2 heterocycles. The standard InChI is InChI=1S/C18H36N4O3.HI/c1-4-19-17(21-14-18(23)5-9-24-10-6-18)20-13-16(15(2)3)22-7-11-25-12-8-22;/h15-16,23H,4-14H2,1-3H3,(H2,19,20,21);1H. The maximum absolute atomic E-state index is 10.6. The Bertz CT molecular complexity index is 411. The van der Waals surface area contributed by atoms with Crippen LogP contribution < -0.4 is 10.6 Å². The van der Waals surface area contributed by atoms with Crippen molar-refractivity contribution in [3.63, 3.8) is 0 Å². The smallest absolute Gasteiger partial charge is 0.191 e. The van der Waals surface area contributed by atoms with Crippen LogP contribution in [0.2, 0.25) is 0 Å². The van der Waals surface area contributed by atoms with Crippen molar-refractivity contribution in [3.8, 4) is 0 Å². The largest absolute Gasteiger partial charge is 0.388 e. The number of ether oxygens (including phenoxy) is 2. The van der Waals surface area contributed by atoms with E-state index in [-0.39, 0.29) is 24.0 Å². The molecule has 26 heavy (non-hydrogen) atoms. The lowest BCUT2D eigenvalue weighted by Crippen LogP contribution is -2.52. The van der Waals surface area contributed by atoms with Gasteiger partial charge in [-0.2, -0.15) is 0 Å². The average molecular weight is 484 g/mol. The molecule has 0 radical (unpaired) electrons. The molecule has 0 aromatic heterocycles. The summed E-state index contributed by atoms with van der Waals surface area (Å²) in [5.41, 5.74) is -0.734. The van der Waals surface area contributed by atoms with Gasteiger partial charge in [-0.05, 0) is 12.8 Å². The van der Waals surface area contributed by atoms with Gasteiger partial charge in [-0.15, -0.1) is 24.0 Å². The quantitative estimate of drug-likeness (QED) is 0.285. The normalized spacial score (nSPS) is 22.6. The van der Waals surface area contributed by atoms with E-state index in [0.717, 1.165) is 45.4 Å². The monoisotopic (exact) mass is 484 g/mol. The Morgan fingerprint density at radius 1 is 1.12 bits per heavy atom. The van der Waals surface area contributed by atoms with Gasteiger partial charge in [-0.25, -0.2) is 0 Å². The zero-order chi connectivity index (χ0) is 18.1. The first-order valence-electron chi connectivity index (χ1n) is 9.68. The second-order valence-corrected chi connectivity index (χ2v) is 7.37. The lowest BCUT2D eigenvalue weighted by atomic mass is 9.95. The molecule has 0 amide bonds. The SMILES string of the molecule is CCNC(=NCC1(O)CCOCC1)NCC(C(C)C)N1CCOCC1.I. The highest BCUT2D eigenvalue weighted by Crippen LogP contribution is 2.20. The molecule has 1 unspecified atom stereocenters. The van der Waals surface area contributed by atoms with E-state index in [1.807, 2.05) is 0 Å². The van der Waals surface area contributed by atoms with Gasteiger partial charge in [0.2, 0.25) is 0 Å². The zero-order valence-corrected chi connectivity index (χ0v) is 18.8. The van der Waals surface area contributed by atoms with E-state index >= 15 is 0 Å². The summed E-state index contributed by atoms with van der Waals surface area (Å²) in [6.45, 7) is 13.5. The van der Waals surface area contributed by atoms with Crippen LogP contribution in [0.15, 0.2) is 4.99 Å². The molecular formula is C18H37IN4O3. The van der Waals surface area contributed by atoms with Crippen LogP contribution in [0.25, 0.3) is 0 Å². The summed E-state index contributed by atoms with van der Waals surface area (Å²) in [6.07, 6.45) is 1.30. The average Bonchev–Trinajstić information content (AvgIpc) is 2.61. The first-order valence-corrected chi connectivity index (χ1v) is 9.68. The second-order valence-electron chi connectivity index (χ2n) is 7.37. The maximum atomic E-state index is 10.6. The highest BCUT2D eigenvalue weighted by molar-refractivity contribution is 14.0. The van der Waals surface area contributed by atoms with Crippen molar-refractivity contribution in [2.24, 2.45) is 10.9 Å². The fourth-order valence-corrected chi connectivity index (χ4v) is 3.37. The Morgan fingerprint density at radius 3 is 2.31 bits per heavy atom. The molecule has 0 aromatic rings. The number of guanidine groups is 1. The van der Waals surface area contributed by atoms with E-state index in [2.05, 4.69) is 41.3 Å². The van der Waals surface area contributed by atoms with Crippen LogP contribution in [0.1, 0.15) is 33.6 Å². The molecule has 0 bridgehead atoms. The van der Waals surface area contributed by atoms with Gasteiger partial charge in [-0.3, -0.25) is 9.89 Å². The fourth-order valence-electron chi connectivity index (χ4n) is 3.37. The third-order valence-corrected chi connectivity index (χ3v) is 5.06. The highest BCUT2D eigenvalue weighted by atomic mass is 127. The molecule has 0 spiro atoms. The Morgan fingerprint density at radius 2 is 1.73 bits per heavy atom. The number of hydrogen-bond donors (Lipinski definition) is 3. The van der Waals surface area contributed by atoms with E-state index in [9.17, 15) is 5.11 Å². The predicted molar refractivity (Wildman–Crippen MR) is 115 cm³/mol. The maximum Gasteiger partial charge on any atom is 0.191 e. The van der Waals surface area contributed by atoms with Gasteiger partial charge in [0.25, 0.3) is 0 Å². The number of morpholine rings is 1. The van der Waals surface area contributed by atoms with E-state index < -0.39 is 5.60 Å². The molecule has 154 valence electrons. The topological polar surface area (TPSA) is 78.4 Å². The van der Waals surface area contributed by atoms with Crippen molar-refractivity contribution in [3.05, 3.63) is 0 Å². The predicted octanol–water partition coefficient (Wildman–Crippen LogP) is 1.06. The van der Waals surface area contributed by atoms with Crippen molar-refractivity contribution in [1.29, 1.82) is 0 Å². The Hall–Kier alpha value is -0.160. The lowest BCUT2D eigenvalue weighted by molar-refractivity contribution is -0.0566. The molecule has 2 aliphatic rings. The minimum absolute atomic E-state index is 0. The number of aliphatic hydroxyl groups is 1. The summed E-state index contributed by atoms with van der Waals surface area (Å²) in [4.78, 5) is 7.13. The van der Waals surface area contributed by atoms with Gasteiger partial charge in [0, 0.05) is 58.3 Å². The lowest BCUT2D eigenvalue weighted by Gasteiger charge is -2.37. The van der Waals surface area contributed by atoms with Crippen molar-refractivity contribution in [2.75, 3.05) is 59.2 Å². The molecule has 3 N–H and O–H groups in total. The molecule has 2 rings (SSSR count). The molecule has 1 atom stereocenters. The first kappa shape index (κ1) is 23.9. The molecule has 8 heteroatoms. The molecule has 7 nitrogen and oxygen atoms in total. The fraction of sp³-hybridized carbons (Fsp3) is 0.944. The van der Waals surface area contributed by atoms with Crippen LogP contribution in [-0.2, 0) is 9.47 Å². The van der Waals surface area contributed by atoms with Gasteiger partial charge in [0.15, 0.2) is 5.96 Å². The van der Waals surface area contributed by atoms with Gasteiger partial charge < -0.3 is 25.2 Å². The molecule has 2 saturated heterocycles. The van der Waals surface area contributed by atoms with E-state index in [0.29, 0.717) is 44.6 Å². The minimum atomic E-state index is -0.734. The van der Waals surface area contributed by atoms with Crippen molar-refractivity contribution in [1.82, 2.24) is 15.5 Å². The van der Waals surface area contributed by atoms with Crippen LogP contribution in [0.3, 0.4) is 0 Å². The third kappa shape index (κ3) is 7.84. The van der Waals surface area contributed by atoms with Crippen molar-refractivity contribution < 1.29 is 14.6 Å². The molecule has 0 aliphatic carbocycles. The third-order valence-electron chi connectivity index (χ3n) is 5.06. The van der Waals surface area contributed by atoms with Crippen molar-refractivity contribution >= 4 is 29.9 Å². The van der Waals surface area contributed by atoms with Gasteiger partial charge in [0.05, 0.1) is 25.4 Å². The number of nitrogens with one attached hydrogen (secondary N) is 2. The minimum Gasteiger partial charge on any atom is -0.388 e. The van der Waals surface area contributed by atoms with Crippen LogP contribution in [0.4, 0.5) is 0 Å². The van der Waals surface area contributed by atoms with E-state index in [1.54, 1.807) is 0 Å². The van der Waals surface area contributed by atoms with Gasteiger partial charge in [-0.1, -0.05) is 13.8 Å². The van der Waals surface area contributed by atoms with Gasteiger partial charge in [0.1, 0.15) is 0 Å². The molecular weight excluding hydrogens is 447 g/mol. The van der Waals surface area contributed by atoms with Crippen LogP contribution >= 0.6 is 24.0 Å². The summed E-state index contributed by atoms with van der Waals surface area (Å²) in [5, 5.41) is 17.4. The molecule has 2 aliphatic heterocycles. The molecule has 0 aromatic carbocycles. The summed E-state index contributed by atoms with van der Waals surface area (Å²) >= 11 is 0. The second kappa shape index (κ2) is 12.3. The van der Waals surface area contributed by atoms with Gasteiger partial charge >= 0.3 is 0 Å². The van der Waals surface area contributed by atoms with E-state index in [1.165, 1.54) is 0 Å². The van der Waals surface area contributed by atoms with Crippen LogP contribution in [0.5, 0.6) is 0 Å². The van der Waals surface area contributed by atoms with Crippen molar-refractivity contribution in [2.45, 2.75) is 45.3 Å². The molecule has 2 fully saturated rings. The summed E-state index contributed by atoms with van der Waals surface area (Å²) < 4.78 is 10.8. The van der Waals surface area contributed by atoms with Crippen LogP contribution in [-0.4, -0.2) is 86.8 Å². The zero-order valence-electron chi connectivity index (χ0n) is 16.5. The van der Waals surface area contributed by atoms with E-state index in [4.69, 9.17) is 9.47 Å². The number of hydrogen-bond acceptors (Lipinski definition) is 5.